The summed E-state index contributed by atoms with van der Waals surface area (Å²) in [6, 6.07) is 8.94. The first-order valence-corrected chi connectivity index (χ1v) is 5.79. The van der Waals surface area contributed by atoms with Gasteiger partial charge in [0, 0.05) is 23.5 Å². The minimum Gasteiger partial charge on any atom is -0.481 e. The zero-order valence-corrected chi connectivity index (χ0v) is 10.3. The minimum atomic E-state index is -0.998. The number of halogens is 1. The first-order chi connectivity index (χ1) is 9.56. The van der Waals surface area contributed by atoms with Crippen LogP contribution in [0.15, 0.2) is 42.6 Å². The molecule has 1 aromatic carbocycles. The van der Waals surface area contributed by atoms with Crippen molar-refractivity contribution in [1.29, 1.82) is 0 Å². The SMILES string of the molecule is O=C(O)Cc1ccccc1NC(=O)c1ccnc(F)c1. The standard InChI is InChI=1S/C14H11FN2O3/c15-12-7-10(5-6-16-12)14(20)17-11-4-2-1-3-9(11)8-13(18)19/h1-7H,8H2,(H,17,20)(H,18,19). The number of benzene rings is 1. The van der Waals surface area contributed by atoms with Gasteiger partial charge < -0.3 is 10.4 Å². The van der Waals surface area contributed by atoms with E-state index in [1.807, 2.05) is 0 Å². The second kappa shape index (κ2) is 5.92. The average Bonchev–Trinajstić information content (AvgIpc) is 2.40. The number of carboxylic acids is 1. The number of carbonyl (C=O) groups excluding carboxylic acids is 1. The molecule has 102 valence electrons. The molecule has 5 nitrogen and oxygen atoms in total. The maximum absolute atomic E-state index is 12.9. The van der Waals surface area contributed by atoms with E-state index in [-0.39, 0.29) is 12.0 Å². The molecule has 2 N–H and O–H groups in total. The number of aromatic nitrogens is 1. The summed E-state index contributed by atoms with van der Waals surface area (Å²) in [5.74, 6) is -2.28. The van der Waals surface area contributed by atoms with Gasteiger partial charge in [-0.2, -0.15) is 4.39 Å². The van der Waals surface area contributed by atoms with E-state index in [1.54, 1.807) is 24.3 Å². The molecule has 0 aliphatic carbocycles. The minimum absolute atomic E-state index is 0.114. The fourth-order valence-electron chi connectivity index (χ4n) is 1.70. The number of aliphatic carboxylic acids is 1. The Hall–Kier alpha value is -2.76. The predicted molar refractivity (Wildman–Crippen MR) is 69.9 cm³/mol. The van der Waals surface area contributed by atoms with E-state index in [2.05, 4.69) is 10.3 Å². The van der Waals surface area contributed by atoms with Crippen molar-refractivity contribution < 1.29 is 19.1 Å². The molecule has 0 bridgehead atoms. The smallest absolute Gasteiger partial charge is 0.307 e. The van der Waals surface area contributed by atoms with E-state index in [9.17, 15) is 14.0 Å². The van der Waals surface area contributed by atoms with E-state index in [4.69, 9.17) is 5.11 Å². The van der Waals surface area contributed by atoms with Gasteiger partial charge >= 0.3 is 5.97 Å². The number of rotatable bonds is 4. The summed E-state index contributed by atoms with van der Waals surface area (Å²) in [6.45, 7) is 0. The lowest BCUT2D eigenvalue weighted by Crippen LogP contribution is -2.14. The maximum atomic E-state index is 12.9. The fraction of sp³-hybridized carbons (Fsp3) is 0.0714. The highest BCUT2D eigenvalue weighted by atomic mass is 19.1. The molecule has 2 aromatic rings. The lowest BCUT2D eigenvalue weighted by Gasteiger charge is -2.09. The van der Waals surface area contributed by atoms with Crippen LogP contribution in [-0.4, -0.2) is 22.0 Å². The van der Waals surface area contributed by atoms with Crippen LogP contribution < -0.4 is 5.32 Å². The van der Waals surface area contributed by atoms with E-state index in [1.165, 1.54) is 12.3 Å². The monoisotopic (exact) mass is 274 g/mol. The molecule has 0 saturated carbocycles. The summed E-state index contributed by atoms with van der Waals surface area (Å²) in [5, 5.41) is 11.4. The van der Waals surface area contributed by atoms with Crippen LogP contribution in [0.4, 0.5) is 10.1 Å². The molecule has 2 rings (SSSR count). The van der Waals surface area contributed by atoms with E-state index in [0.29, 0.717) is 11.3 Å². The number of nitrogens with one attached hydrogen (secondary N) is 1. The topological polar surface area (TPSA) is 79.3 Å². The molecule has 0 unspecified atom stereocenters. The summed E-state index contributed by atoms with van der Waals surface area (Å²) in [4.78, 5) is 26.1. The predicted octanol–water partition coefficient (Wildman–Crippen LogP) is 2.10. The third-order valence-corrected chi connectivity index (χ3v) is 2.60. The van der Waals surface area contributed by atoms with Gasteiger partial charge in [-0.15, -0.1) is 0 Å². The van der Waals surface area contributed by atoms with Gasteiger partial charge in [0.15, 0.2) is 0 Å². The molecule has 0 atom stereocenters. The number of hydrogen-bond donors (Lipinski definition) is 2. The normalized spacial score (nSPS) is 10.1. The third kappa shape index (κ3) is 3.38. The van der Waals surface area contributed by atoms with Gasteiger partial charge in [-0.1, -0.05) is 18.2 Å². The van der Waals surface area contributed by atoms with Gasteiger partial charge in [0.2, 0.25) is 5.95 Å². The second-order valence-corrected chi connectivity index (χ2v) is 4.05. The molecule has 0 saturated heterocycles. The van der Waals surface area contributed by atoms with Crippen LogP contribution in [0.2, 0.25) is 0 Å². The molecule has 6 heteroatoms. The van der Waals surface area contributed by atoms with Gasteiger partial charge in [-0.25, -0.2) is 4.98 Å². The molecule has 0 fully saturated rings. The summed E-state index contributed by atoms with van der Waals surface area (Å²) in [5.41, 5.74) is 0.975. The summed E-state index contributed by atoms with van der Waals surface area (Å²) in [6.07, 6.45) is 0.981. The van der Waals surface area contributed by atoms with Gasteiger partial charge in [0.1, 0.15) is 0 Å². The Bertz CT molecular complexity index is 658. The molecule has 1 amide bonds. The number of nitrogens with zero attached hydrogens (tertiary/aromatic N) is 1. The number of pyridine rings is 1. The zero-order chi connectivity index (χ0) is 14.5. The van der Waals surface area contributed by atoms with Gasteiger partial charge in [0.05, 0.1) is 6.42 Å². The lowest BCUT2D eigenvalue weighted by molar-refractivity contribution is -0.136. The van der Waals surface area contributed by atoms with Crippen LogP contribution in [-0.2, 0) is 11.2 Å². The van der Waals surface area contributed by atoms with E-state index < -0.39 is 17.8 Å². The van der Waals surface area contributed by atoms with Crippen molar-refractivity contribution in [2.75, 3.05) is 5.32 Å². The van der Waals surface area contributed by atoms with Crippen molar-refractivity contribution in [3.63, 3.8) is 0 Å². The highest BCUT2D eigenvalue weighted by Crippen LogP contribution is 2.17. The van der Waals surface area contributed by atoms with Gasteiger partial charge in [-0.05, 0) is 17.7 Å². The lowest BCUT2D eigenvalue weighted by atomic mass is 10.1. The second-order valence-electron chi connectivity index (χ2n) is 4.05. The number of hydrogen-bond acceptors (Lipinski definition) is 3. The Morgan fingerprint density at radius 2 is 2.00 bits per heavy atom. The Labute approximate surface area is 114 Å². The number of amides is 1. The molecule has 1 heterocycles. The summed E-state index contributed by atoms with van der Waals surface area (Å²) >= 11 is 0. The van der Waals surface area contributed by atoms with Crippen molar-refractivity contribution in [2.24, 2.45) is 0 Å². The molecule has 0 aliphatic heterocycles. The molecular weight excluding hydrogens is 263 g/mol. The Morgan fingerprint density at radius 3 is 2.70 bits per heavy atom. The molecule has 0 radical (unpaired) electrons. The number of para-hydroxylation sites is 1. The van der Waals surface area contributed by atoms with Crippen molar-refractivity contribution in [1.82, 2.24) is 4.98 Å². The van der Waals surface area contributed by atoms with Crippen molar-refractivity contribution >= 4 is 17.6 Å². The molecular formula is C14H11FN2O3. The fourth-order valence-corrected chi connectivity index (χ4v) is 1.70. The van der Waals surface area contributed by atoms with Crippen molar-refractivity contribution in [2.45, 2.75) is 6.42 Å². The first-order valence-electron chi connectivity index (χ1n) is 5.79. The van der Waals surface area contributed by atoms with Crippen LogP contribution in [0.5, 0.6) is 0 Å². The van der Waals surface area contributed by atoms with Crippen LogP contribution in [0, 0.1) is 5.95 Å². The van der Waals surface area contributed by atoms with Crippen molar-refractivity contribution in [3.8, 4) is 0 Å². The molecule has 20 heavy (non-hydrogen) atoms. The Balaban J connectivity index is 2.21. The highest BCUT2D eigenvalue weighted by molar-refractivity contribution is 6.04. The highest BCUT2D eigenvalue weighted by Gasteiger charge is 2.11. The summed E-state index contributed by atoms with van der Waals surface area (Å²) < 4.78 is 12.9. The van der Waals surface area contributed by atoms with Crippen LogP contribution in [0.1, 0.15) is 15.9 Å². The van der Waals surface area contributed by atoms with Gasteiger partial charge in [-0.3, -0.25) is 9.59 Å². The van der Waals surface area contributed by atoms with Gasteiger partial charge in [0.25, 0.3) is 5.91 Å². The van der Waals surface area contributed by atoms with Crippen LogP contribution in [0.25, 0.3) is 0 Å². The van der Waals surface area contributed by atoms with E-state index >= 15 is 0 Å². The Morgan fingerprint density at radius 1 is 1.25 bits per heavy atom. The van der Waals surface area contributed by atoms with Crippen molar-refractivity contribution in [3.05, 3.63) is 59.7 Å². The quantitative estimate of drug-likeness (QED) is 0.837. The van der Waals surface area contributed by atoms with Crippen LogP contribution >= 0.6 is 0 Å². The first kappa shape index (κ1) is 13.7. The van der Waals surface area contributed by atoms with E-state index in [0.717, 1.165) is 6.07 Å². The largest absolute Gasteiger partial charge is 0.481 e. The average molecular weight is 274 g/mol. The number of carbonyl (C=O) groups is 2. The molecule has 0 spiro atoms. The maximum Gasteiger partial charge on any atom is 0.307 e. The Kier molecular flexibility index (Phi) is 4.05. The van der Waals surface area contributed by atoms with Crippen LogP contribution in [0.3, 0.4) is 0 Å². The zero-order valence-electron chi connectivity index (χ0n) is 10.3. The number of carboxylic acid groups (broad SMARTS) is 1. The molecule has 0 aliphatic rings. The summed E-state index contributed by atoms with van der Waals surface area (Å²) in [7, 11) is 0. The number of anilines is 1. The molecule has 1 aromatic heterocycles. The third-order valence-electron chi connectivity index (χ3n) is 2.60.